The van der Waals surface area contributed by atoms with E-state index in [1.54, 1.807) is 23.5 Å². The van der Waals surface area contributed by atoms with Crippen LogP contribution >= 0.6 is 11.3 Å². The molecule has 2 heterocycles. The van der Waals surface area contributed by atoms with E-state index in [0.717, 1.165) is 5.56 Å². The highest BCUT2D eigenvalue weighted by Gasteiger charge is 2.17. The van der Waals surface area contributed by atoms with Crippen LogP contribution in [0.25, 0.3) is 0 Å². The Morgan fingerprint density at radius 3 is 2.66 bits per heavy atom. The summed E-state index contributed by atoms with van der Waals surface area (Å²) in [4.78, 5) is 42.7. The smallest absolute Gasteiger partial charge is 0.255 e. The molecule has 2 amide bonds. The summed E-state index contributed by atoms with van der Waals surface area (Å²) in [5, 5.41) is 4.83. The molecule has 0 saturated carbocycles. The van der Waals surface area contributed by atoms with Gasteiger partial charge < -0.3 is 14.8 Å². The molecule has 8 heteroatoms. The van der Waals surface area contributed by atoms with Gasteiger partial charge in [0.25, 0.3) is 11.5 Å². The van der Waals surface area contributed by atoms with E-state index in [1.807, 2.05) is 30.3 Å². The zero-order valence-corrected chi connectivity index (χ0v) is 17.1. The predicted molar refractivity (Wildman–Crippen MR) is 113 cm³/mol. The van der Waals surface area contributed by atoms with Crippen LogP contribution in [-0.2, 0) is 11.3 Å². The quantitative estimate of drug-likeness (QED) is 0.649. The van der Waals surface area contributed by atoms with Crippen LogP contribution in [0.3, 0.4) is 0 Å². The Balaban J connectivity index is 1.68. The molecule has 7 nitrogen and oxygen atoms in total. The van der Waals surface area contributed by atoms with Gasteiger partial charge in [0.2, 0.25) is 5.91 Å². The number of pyridine rings is 1. The third-order valence-corrected chi connectivity index (χ3v) is 5.17. The highest BCUT2D eigenvalue weighted by atomic mass is 32.1. The first kappa shape index (κ1) is 20.5. The maximum atomic E-state index is 12.8. The monoisotopic (exact) mass is 410 g/mol. The molecule has 0 aliphatic rings. The van der Waals surface area contributed by atoms with E-state index in [-0.39, 0.29) is 29.8 Å². The molecule has 3 aromatic rings. The number of nitrogens with zero attached hydrogens (tertiary/aromatic N) is 3. The average Bonchev–Trinajstić information content (AvgIpc) is 3.22. The number of aromatic nitrogens is 2. The summed E-state index contributed by atoms with van der Waals surface area (Å²) < 4.78 is 1.23. The van der Waals surface area contributed by atoms with Crippen LogP contribution in [0.15, 0.2) is 65.0 Å². The molecule has 0 fully saturated rings. The highest BCUT2D eigenvalue weighted by molar-refractivity contribution is 7.13. The van der Waals surface area contributed by atoms with Gasteiger partial charge in [-0.25, -0.2) is 4.98 Å². The van der Waals surface area contributed by atoms with Crippen LogP contribution in [0.4, 0.5) is 5.13 Å². The van der Waals surface area contributed by atoms with Gasteiger partial charge >= 0.3 is 0 Å². The van der Waals surface area contributed by atoms with Crippen molar-refractivity contribution < 1.29 is 9.59 Å². The molecule has 0 spiro atoms. The fourth-order valence-corrected chi connectivity index (χ4v) is 3.53. The van der Waals surface area contributed by atoms with Crippen LogP contribution in [0.5, 0.6) is 0 Å². The van der Waals surface area contributed by atoms with E-state index < -0.39 is 0 Å². The number of thiazole rings is 1. The zero-order chi connectivity index (χ0) is 20.8. The molecular weight excluding hydrogens is 388 g/mol. The molecule has 1 aromatic carbocycles. The first-order valence-corrected chi connectivity index (χ1v) is 10.0. The SMILES string of the molecule is C[C@@H](CN(C)C(=O)c1ccc(=O)n(CC(=O)Nc2nccs2)c1)c1ccccc1. The molecule has 1 N–H and O–H groups in total. The number of benzene rings is 1. The van der Waals surface area contributed by atoms with Gasteiger partial charge in [-0.2, -0.15) is 0 Å². The van der Waals surface area contributed by atoms with E-state index in [2.05, 4.69) is 17.2 Å². The zero-order valence-electron chi connectivity index (χ0n) is 16.2. The van der Waals surface area contributed by atoms with Crippen molar-refractivity contribution in [3.63, 3.8) is 0 Å². The maximum Gasteiger partial charge on any atom is 0.255 e. The minimum Gasteiger partial charge on any atom is -0.341 e. The largest absolute Gasteiger partial charge is 0.341 e. The van der Waals surface area contributed by atoms with Crippen molar-refractivity contribution in [1.29, 1.82) is 0 Å². The highest BCUT2D eigenvalue weighted by Crippen LogP contribution is 2.16. The van der Waals surface area contributed by atoms with Crippen molar-refractivity contribution >= 4 is 28.3 Å². The number of likely N-dealkylation sites (N-methyl/N-ethyl adjacent to an activating group) is 1. The number of rotatable bonds is 7. The Morgan fingerprint density at radius 2 is 1.97 bits per heavy atom. The lowest BCUT2D eigenvalue weighted by Crippen LogP contribution is -2.32. The van der Waals surface area contributed by atoms with Gasteiger partial charge in [0.15, 0.2) is 5.13 Å². The van der Waals surface area contributed by atoms with E-state index in [1.165, 1.54) is 34.2 Å². The lowest BCUT2D eigenvalue weighted by molar-refractivity contribution is -0.116. The lowest BCUT2D eigenvalue weighted by Gasteiger charge is -2.22. The van der Waals surface area contributed by atoms with E-state index in [4.69, 9.17) is 0 Å². The summed E-state index contributed by atoms with van der Waals surface area (Å²) >= 11 is 1.29. The van der Waals surface area contributed by atoms with Crippen molar-refractivity contribution in [2.75, 3.05) is 18.9 Å². The molecule has 0 radical (unpaired) electrons. The molecule has 0 aliphatic carbocycles. The van der Waals surface area contributed by atoms with Gasteiger partial charge in [-0.15, -0.1) is 11.3 Å². The van der Waals surface area contributed by atoms with Crippen molar-refractivity contribution in [2.24, 2.45) is 0 Å². The molecule has 29 heavy (non-hydrogen) atoms. The number of carbonyl (C=O) groups is 2. The normalized spacial score (nSPS) is 11.7. The Morgan fingerprint density at radius 1 is 1.21 bits per heavy atom. The Kier molecular flexibility index (Phi) is 6.56. The molecular formula is C21H22N4O3S. The van der Waals surface area contributed by atoms with Gasteiger partial charge in [0.05, 0.1) is 5.56 Å². The molecule has 1 atom stereocenters. The second-order valence-corrected chi connectivity index (χ2v) is 7.66. The molecule has 3 rings (SSSR count). The summed E-state index contributed by atoms with van der Waals surface area (Å²) in [5.74, 6) is -0.417. The molecule has 150 valence electrons. The molecule has 0 unspecified atom stereocenters. The fraction of sp³-hybridized carbons (Fsp3) is 0.238. The average molecular weight is 410 g/mol. The number of anilines is 1. The molecule has 0 saturated heterocycles. The number of hydrogen-bond donors (Lipinski definition) is 1. The number of amides is 2. The second-order valence-electron chi connectivity index (χ2n) is 6.77. The first-order chi connectivity index (χ1) is 13.9. The van der Waals surface area contributed by atoms with Crippen molar-refractivity contribution in [3.8, 4) is 0 Å². The van der Waals surface area contributed by atoms with Crippen molar-refractivity contribution in [2.45, 2.75) is 19.4 Å². The van der Waals surface area contributed by atoms with Gasteiger partial charge in [0.1, 0.15) is 6.54 Å². The molecule has 0 aliphatic heterocycles. The van der Waals surface area contributed by atoms with Crippen LogP contribution in [0.2, 0.25) is 0 Å². The molecule has 0 bridgehead atoms. The minimum absolute atomic E-state index is 0.167. The van der Waals surface area contributed by atoms with Gasteiger partial charge in [0, 0.05) is 37.4 Å². The number of hydrogen-bond acceptors (Lipinski definition) is 5. The fourth-order valence-electron chi connectivity index (χ4n) is 2.98. The van der Waals surface area contributed by atoms with Gasteiger partial charge in [-0.05, 0) is 17.5 Å². The van der Waals surface area contributed by atoms with Crippen LogP contribution < -0.4 is 10.9 Å². The van der Waals surface area contributed by atoms with Crippen LogP contribution in [0, 0.1) is 0 Å². The van der Waals surface area contributed by atoms with Gasteiger partial charge in [-0.3, -0.25) is 14.4 Å². The van der Waals surface area contributed by atoms with E-state index in [0.29, 0.717) is 17.2 Å². The Labute approximate surface area is 172 Å². The summed E-state index contributed by atoms with van der Waals surface area (Å²) in [6, 6.07) is 12.8. The lowest BCUT2D eigenvalue weighted by atomic mass is 10.0. The minimum atomic E-state index is -0.377. The Bertz CT molecular complexity index is 1030. The van der Waals surface area contributed by atoms with Gasteiger partial charge in [-0.1, -0.05) is 37.3 Å². The summed E-state index contributed by atoms with van der Waals surface area (Å²) in [6.07, 6.45) is 3.01. The maximum absolute atomic E-state index is 12.8. The summed E-state index contributed by atoms with van der Waals surface area (Å²) in [7, 11) is 1.73. The number of nitrogens with one attached hydrogen (secondary N) is 1. The standard InChI is InChI=1S/C21H22N4O3S/c1-15(16-6-4-3-5-7-16)12-24(2)20(28)17-8-9-19(27)25(13-17)14-18(26)23-21-22-10-11-29-21/h3-11,13,15H,12,14H2,1-2H3,(H,22,23,26)/t15-/m0/s1. The third-order valence-electron chi connectivity index (χ3n) is 4.49. The van der Waals surface area contributed by atoms with E-state index >= 15 is 0 Å². The summed E-state index contributed by atoms with van der Waals surface area (Å²) in [5.41, 5.74) is 1.15. The predicted octanol–water partition coefficient (Wildman–Crippen LogP) is 2.82. The topological polar surface area (TPSA) is 84.3 Å². The number of carbonyl (C=O) groups excluding carboxylic acids is 2. The third kappa shape index (κ3) is 5.39. The first-order valence-electron chi connectivity index (χ1n) is 9.14. The second kappa shape index (κ2) is 9.29. The van der Waals surface area contributed by atoms with Crippen LogP contribution in [0.1, 0.15) is 28.8 Å². The van der Waals surface area contributed by atoms with E-state index in [9.17, 15) is 14.4 Å². The summed E-state index contributed by atoms with van der Waals surface area (Å²) in [6.45, 7) is 2.40. The van der Waals surface area contributed by atoms with Crippen molar-refractivity contribution in [1.82, 2.24) is 14.5 Å². The molecule has 2 aromatic heterocycles. The van der Waals surface area contributed by atoms with Crippen molar-refractivity contribution in [3.05, 3.63) is 81.7 Å². The Hall–Kier alpha value is -3.26. The van der Waals surface area contributed by atoms with Crippen LogP contribution in [-0.4, -0.2) is 39.9 Å².